The van der Waals surface area contributed by atoms with E-state index in [1.54, 1.807) is 12.1 Å². The van der Waals surface area contributed by atoms with Crippen molar-refractivity contribution in [3.8, 4) is 6.07 Å². The minimum Gasteiger partial charge on any atom is -0.381 e. The molecule has 2 aromatic carbocycles. The second-order valence-corrected chi connectivity index (χ2v) is 6.66. The van der Waals surface area contributed by atoms with Crippen LogP contribution in [0.4, 0.5) is 11.4 Å². The van der Waals surface area contributed by atoms with Crippen LogP contribution in [0.3, 0.4) is 0 Å². The molecular weight excluding hydrogens is 330 g/mol. The summed E-state index contributed by atoms with van der Waals surface area (Å²) in [4.78, 5) is 10.9. The van der Waals surface area contributed by atoms with Gasteiger partial charge in [0.1, 0.15) is 5.69 Å². The Morgan fingerprint density at radius 1 is 1.27 bits per heavy atom. The van der Waals surface area contributed by atoms with Crippen LogP contribution >= 0.6 is 0 Å². The number of nitrogens with one attached hydrogen (secondary N) is 1. The summed E-state index contributed by atoms with van der Waals surface area (Å²) in [6.45, 7) is 4.02. The van der Waals surface area contributed by atoms with Gasteiger partial charge in [-0.3, -0.25) is 10.1 Å². The van der Waals surface area contributed by atoms with Gasteiger partial charge in [0.25, 0.3) is 5.69 Å². The van der Waals surface area contributed by atoms with Crippen molar-refractivity contribution in [2.75, 3.05) is 25.1 Å². The van der Waals surface area contributed by atoms with Gasteiger partial charge in [-0.1, -0.05) is 24.3 Å². The molecule has 3 rings (SSSR count). The van der Waals surface area contributed by atoms with Crippen molar-refractivity contribution in [1.29, 1.82) is 5.26 Å². The van der Waals surface area contributed by atoms with E-state index in [0.29, 0.717) is 25.4 Å². The van der Waals surface area contributed by atoms with Gasteiger partial charge in [-0.25, -0.2) is 0 Å². The van der Waals surface area contributed by atoms with E-state index < -0.39 is 4.92 Å². The Labute approximate surface area is 152 Å². The predicted octanol–water partition coefficient (Wildman–Crippen LogP) is 3.94. The van der Waals surface area contributed by atoms with E-state index in [2.05, 4.69) is 24.4 Å². The van der Waals surface area contributed by atoms with E-state index in [1.807, 2.05) is 18.2 Å². The molecule has 0 aliphatic carbocycles. The van der Waals surface area contributed by atoms with E-state index in [0.717, 1.165) is 12.8 Å². The van der Waals surface area contributed by atoms with Gasteiger partial charge in [-0.05, 0) is 43.0 Å². The van der Waals surface area contributed by atoms with Gasteiger partial charge in [0.15, 0.2) is 0 Å². The predicted molar refractivity (Wildman–Crippen MR) is 99.2 cm³/mol. The van der Waals surface area contributed by atoms with Crippen molar-refractivity contribution in [2.24, 2.45) is 0 Å². The minimum atomic E-state index is -0.451. The summed E-state index contributed by atoms with van der Waals surface area (Å²) in [6.07, 6.45) is 1.71. The SMILES string of the molecule is Cc1ccccc1C1(CNc2ccc(C#N)cc2[N+](=O)[O-])CCOCC1. The van der Waals surface area contributed by atoms with Crippen LogP contribution in [0.1, 0.15) is 29.5 Å². The number of hydrogen-bond acceptors (Lipinski definition) is 5. The quantitative estimate of drug-likeness (QED) is 0.651. The summed E-state index contributed by atoms with van der Waals surface area (Å²) in [5.74, 6) is 0. The van der Waals surface area contributed by atoms with Crippen molar-refractivity contribution in [1.82, 2.24) is 0 Å². The van der Waals surface area contributed by atoms with Crippen LogP contribution in [0.25, 0.3) is 0 Å². The second kappa shape index (κ2) is 7.54. The van der Waals surface area contributed by atoms with Gasteiger partial charge in [-0.2, -0.15) is 5.26 Å². The molecule has 1 aliphatic heterocycles. The lowest BCUT2D eigenvalue weighted by Crippen LogP contribution is -2.40. The molecule has 0 unspecified atom stereocenters. The molecule has 1 saturated heterocycles. The zero-order valence-corrected chi connectivity index (χ0v) is 14.7. The second-order valence-electron chi connectivity index (χ2n) is 6.66. The number of nitro groups is 1. The summed E-state index contributed by atoms with van der Waals surface area (Å²) in [6, 6.07) is 14.7. The molecule has 0 bridgehead atoms. The average Bonchev–Trinajstić information content (AvgIpc) is 2.67. The Balaban J connectivity index is 1.92. The molecule has 26 heavy (non-hydrogen) atoms. The van der Waals surface area contributed by atoms with Crippen molar-refractivity contribution >= 4 is 11.4 Å². The van der Waals surface area contributed by atoms with Crippen LogP contribution in [0.2, 0.25) is 0 Å². The van der Waals surface area contributed by atoms with Gasteiger partial charge >= 0.3 is 0 Å². The summed E-state index contributed by atoms with van der Waals surface area (Å²) in [7, 11) is 0. The molecule has 0 atom stereocenters. The number of nitro benzene ring substituents is 1. The van der Waals surface area contributed by atoms with Crippen molar-refractivity contribution in [2.45, 2.75) is 25.2 Å². The van der Waals surface area contributed by atoms with Crippen LogP contribution in [0, 0.1) is 28.4 Å². The van der Waals surface area contributed by atoms with Crippen molar-refractivity contribution in [3.63, 3.8) is 0 Å². The molecule has 0 amide bonds. The van der Waals surface area contributed by atoms with Crippen molar-refractivity contribution in [3.05, 3.63) is 69.3 Å². The Hall–Kier alpha value is -2.91. The molecule has 1 aliphatic rings. The van der Waals surface area contributed by atoms with Gasteiger partial charge in [0, 0.05) is 31.2 Å². The molecule has 1 heterocycles. The molecule has 1 N–H and O–H groups in total. The summed E-state index contributed by atoms with van der Waals surface area (Å²) < 4.78 is 5.56. The lowest BCUT2D eigenvalue weighted by Gasteiger charge is -2.39. The molecule has 0 aromatic heterocycles. The minimum absolute atomic E-state index is 0.0731. The third-order valence-corrected chi connectivity index (χ3v) is 5.11. The maximum Gasteiger partial charge on any atom is 0.293 e. The Kier molecular flexibility index (Phi) is 5.19. The van der Waals surface area contributed by atoms with E-state index in [1.165, 1.54) is 17.2 Å². The molecule has 6 nitrogen and oxygen atoms in total. The summed E-state index contributed by atoms with van der Waals surface area (Å²) in [5, 5.41) is 23.6. The van der Waals surface area contributed by atoms with E-state index in [4.69, 9.17) is 10.00 Å². The van der Waals surface area contributed by atoms with Crippen LogP contribution in [0.15, 0.2) is 42.5 Å². The smallest absolute Gasteiger partial charge is 0.293 e. The van der Waals surface area contributed by atoms with Gasteiger partial charge < -0.3 is 10.1 Å². The van der Waals surface area contributed by atoms with Gasteiger partial charge in [0.2, 0.25) is 0 Å². The maximum absolute atomic E-state index is 11.4. The fourth-order valence-electron chi connectivity index (χ4n) is 3.64. The van der Waals surface area contributed by atoms with Crippen molar-refractivity contribution < 1.29 is 9.66 Å². The highest BCUT2D eigenvalue weighted by Crippen LogP contribution is 2.37. The highest BCUT2D eigenvalue weighted by molar-refractivity contribution is 5.64. The fourth-order valence-corrected chi connectivity index (χ4v) is 3.64. The Bertz CT molecular complexity index is 852. The average molecular weight is 351 g/mol. The fraction of sp³-hybridized carbons (Fsp3) is 0.350. The first kappa shape index (κ1) is 17.9. The number of hydrogen-bond donors (Lipinski definition) is 1. The topological polar surface area (TPSA) is 88.2 Å². The summed E-state index contributed by atoms with van der Waals surface area (Å²) in [5.41, 5.74) is 2.98. The van der Waals surface area contributed by atoms with Crippen LogP contribution in [-0.2, 0) is 10.2 Å². The van der Waals surface area contributed by atoms with E-state index >= 15 is 0 Å². The third kappa shape index (κ3) is 3.53. The zero-order chi connectivity index (χ0) is 18.6. The standard InChI is InChI=1S/C20H21N3O3/c1-15-4-2-3-5-17(15)20(8-10-26-11-9-20)14-22-18-7-6-16(13-21)12-19(18)23(24)25/h2-7,12,22H,8-11,14H2,1H3. The normalized spacial score (nSPS) is 15.8. The lowest BCUT2D eigenvalue weighted by atomic mass is 9.72. The molecule has 2 aromatic rings. The molecule has 0 radical (unpaired) electrons. The van der Waals surface area contributed by atoms with E-state index in [-0.39, 0.29) is 16.7 Å². The first-order valence-electron chi connectivity index (χ1n) is 8.62. The monoisotopic (exact) mass is 351 g/mol. The third-order valence-electron chi connectivity index (χ3n) is 5.11. The molecule has 134 valence electrons. The van der Waals surface area contributed by atoms with Gasteiger partial charge in [0.05, 0.1) is 16.6 Å². The number of nitriles is 1. The maximum atomic E-state index is 11.4. The highest BCUT2D eigenvalue weighted by atomic mass is 16.6. The zero-order valence-electron chi connectivity index (χ0n) is 14.7. The van der Waals surface area contributed by atoms with Crippen LogP contribution in [0.5, 0.6) is 0 Å². The molecular formula is C20H21N3O3. The number of anilines is 1. The number of aryl methyl sites for hydroxylation is 1. The molecule has 6 heteroatoms. The first-order valence-corrected chi connectivity index (χ1v) is 8.62. The van der Waals surface area contributed by atoms with Crippen LogP contribution in [-0.4, -0.2) is 24.7 Å². The number of nitrogens with zero attached hydrogens (tertiary/aromatic N) is 2. The first-order chi connectivity index (χ1) is 12.6. The highest BCUT2D eigenvalue weighted by Gasteiger charge is 2.35. The number of benzene rings is 2. The molecule has 0 spiro atoms. The van der Waals surface area contributed by atoms with Gasteiger partial charge in [-0.15, -0.1) is 0 Å². The number of rotatable bonds is 5. The van der Waals surface area contributed by atoms with Crippen LogP contribution < -0.4 is 5.32 Å². The number of ether oxygens (including phenoxy) is 1. The Morgan fingerprint density at radius 3 is 2.65 bits per heavy atom. The molecule has 0 saturated carbocycles. The molecule has 1 fully saturated rings. The summed E-state index contributed by atoms with van der Waals surface area (Å²) >= 11 is 0. The van der Waals surface area contributed by atoms with E-state index in [9.17, 15) is 10.1 Å². The largest absolute Gasteiger partial charge is 0.381 e. The Morgan fingerprint density at radius 2 is 2.00 bits per heavy atom. The lowest BCUT2D eigenvalue weighted by molar-refractivity contribution is -0.384.